The lowest BCUT2D eigenvalue weighted by Crippen LogP contribution is -2.49. The molecule has 0 heterocycles. The number of carbonyl (C=O) groups is 2. The summed E-state index contributed by atoms with van der Waals surface area (Å²) in [5.41, 5.74) is 1.77. The topological polar surface area (TPSA) is 67.4 Å². The van der Waals surface area contributed by atoms with Crippen LogP contribution in [0.1, 0.15) is 55.5 Å². The fourth-order valence-corrected chi connectivity index (χ4v) is 3.72. The minimum Gasteiger partial charge on any atom is -0.496 e. The third-order valence-corrected chi connectivity index (χ3v) is 5.70. The Bertz CT molecular complexity index is 855. The highest BCUT2D eigenvalue weighted by molar-refractivity contribution is 6.06. The predicted octanol–water partition coefficient (Wildman–Crippen LogP) is 4.53. The van der Waals surface area contributed by atoms with Crippen molar-refractivity contribution in [2.75, 3.05) is 19.0 Å². The fraction of sp³-hybridized carbons (Fsp3) is 0.417. The van der Waals surface area contributed by atoms with Crippen LogP contribution in [0.3, 0.4) is 0 Å². The van der Waals surface area contributed by atoms with Gasteiger partial charge in [-0.05, 0) is 55.0 Å². The Hall–Kier alpha value is -2.82. The maximum atomic E-state index is 12.9. The van der Waals surface area contributed by atoms with Crippen LogP contribution in [0.5, 0.6) is 5.75 Å². The molecule has 1 aliphatic rings. The molecular formula is C24H30N2O3. The van der Waals surface area contributed by atoms with Crippen molar-refractivity contribution in [3.63, 3.8) is 0 Å². The van der Waals surface area contributed by atoms with E-state index in [4.69, 9.17) is 4.74 Å². The summed E-state index contributed by atoms with van der Waals surface area (Å²) in [5, 5.41) is 6.02. The van der Waals surface area contributed by atoms with Gasteiger partial charge in [-0.3, -0.25) is 9.59 Å². The summed E-state index contributed by atoms with van der Waals surface area (Å²) in [4.78, 5) is 25.4. The van der Waals surface area contributed by atoms with Crippen molar-refractivity contribution in [3.8, 4) is 5.75 Å². The van der Waals surface area contributed by atoms with Gasteiger partial charge in [0.2, 0.25) is 5.91 Å². The van der Waals surface area contributed by atoms with Gasteiger partial charge in [0.05, 0.1) is 18.1 Å². The number of para-hydroxylation sites is 1. The largest absolute Gasteiger partial charge is 0.496 e. The molecular weight excluding hydrogens is 364 g/mol. The molecule has 0 radical (unpaired) electrons. The van der Waals surface area contributed by atoms with Crippen molar-refractivity contribution in [3.05, 3.63) is 59.7 Å². The third kappa shape index (κ3) is 4.61. The Morgan fingerprint density at radius 3 is 2.34 bits per heavy atom. The minimum atomic E-state index is -0.428. The van der Waals surface area contributed by atoms with Crippen LogP contribution >= 0.6 is 0 Å². The summed E-state index contributed by atoms with van der Waals surface area (Å²) in [6.45, 7) is 5.03. The maximum absolute atomic E-state index is 12.9. The Morgan fingerprint density at radius 1 is 1.07 bits per heavy atom. The Balaban J connectivity index is 1.69. The van der Waals surface area contributed by atoms with E-state index in [0.29, 0.717) is 29.5 Å². The molecule has 154 valence electrons. The van der Waals surface area contributed by atoms with Crippen molar-refractivity contribution in [2.45, 2.75) is 44.9 Å². The molecule has 0 bridgehead atoms. The van der Waals surface area contributed by atoms with Crippen LogP contribution in [0.2, 0.25) is 0 Å². The van der Waals surface area contributed by atoms with Crippen LogP contribution < -0.4 is 15.4 Å². The minimum absolute atomic E-state index is 0.121. The first kappa shape index (κ1) is 20.9. The molecule has 2 N–H and O–H groups in total. The van der Waals surface area contributed by atoms with Crippen molar-refractivity contribution < 1.29 is 14.3 Å². The number of nitrogens with one attached hydrogen (secondary N) is 2. The molecule has 1 aliphatic carbocycles. The molecule has 0 aromatic heterocycles. The van der Waals surface area contributed by atoms with Gasteiger partial charge in [0.25, 0.3) is 5.91 Å². The van der Waals surface area contributed by atoms with Crippen LogP contribution in [-0.2, 0) is 10.2 Å². The van der Waals surface area contributed by atoms with Crippen molar-refractivity contribution >= 4 is 17.5 Å². The van der Waals surface area contributed by atoms with Gasteiger partial charge in [0.1, 0.15) is 5.75 Å². The van der Waals surface area contributed by atoms with Gasteiger partial charge in [-0.1, -0.05) is 44.5 Å². The van der Waals surface area contributed by atoms with Gasteiger partial charge in [-0.25, -0.2) is 0 Å². The van der Waals surface area contributed by atoms with Crippen molar-refractivity contribution in [1.82, 2.24) is 5.32 Å². The van der Waals surface area contributed by atoms with Crippen molar-refractivity contribution in [1.29, 1.82) is 0 Å². The van der Waals surface area contributed by atoms with Gasteiger partial charge in [0.15, 0.2) is 0 Å². The standard InChI is InChI=1S/C24H30N2O3/c1-17(2)13-16-25-23(28)24(14-6-15-24)18-9-11-19(12-10-18)26-22(27)20-7-4-5-8-21(20)29-3/h4-5,7-12,17H,6,13-16H2,1-3H3,(H,25,28)(H,26,27). The molecule has 0 atom stereocenters. The van der Waals surface area contributed by atoms with E-state index in [9.17, 15) is 9.59 Å². The van der Waals surface area contributed by atoms with E-state index in [2.05, 4.69) is 24.5 Å². The third-order valence-electron chi connectivity index (χ3n) is 5.70. The molecule has 2 amide bonds. The number of methoxy groups -OCH3 is 1. The van der Waals surface area contributed by atoms with Gasteiger partial charge >= 0.3 is 0 Å². The molecule has 0 saturated heterocycles. The highest BCUT2D eigenvalue weighted by atomic mass is 16.5. The molecule has 0 spiro atoms. The Labute approximate surface area is 172 Å². The van der Waals surface area contributed by atoms with Gasteiger partial charge in [-0.2, -0.15) is 0 Å². The maximum Gasteiger partial charge on any atom is 0.259 e. The predicted molar refractivity (Wildman–Crippen MR) is 115 cm³/mol. The van der Waals surface area contributed by atoms with E-state index in [1.807, 2.05) is 30.3 Å². The lowest BCUT2D eigenvalue weighted by Gasteiger charge is -2.41. The van der Waals surface area contributed by atoms with Crippen LogP contribution in [-0.4, -0.2) is 25.5 Å². The summed E-state index contributed by atoms with van der Waals surface area (Å²) in [7, 11) is 1.55. The van der Waals surface area contributed by atoms with E-state index >= 15 is 0 Å². The van der Waals surface area contributed by atoms with E-state index in [0.717, 1.165) is 31.2 Å². The molecule has 1 saturated carbocycles. The smallest absolute Gasteiger partial charge is 0.259 e. The van der Waals surface area contributed by atoms with Gasteiger partial charge < -0.3 is 15.4 Å². The lowest BCUT2D eigenvalue weighted by atomic mass is 9.63. The first-order valence-corrected chi connectivity index (χ1v) is 10.3. The quantitative estimate of drug-likeness (QED) is 0.691. The SMILES string of the molecule is COc1ccccc1C(=O)Nc1ccc(C2(C(=O)NCCC(C)C)CCC2)cc1. The zero-order valence-corrected chi connectivity index (χ0v) is 17.5. The zero-order valence-electron chi connectivity index (χ0n) is 17.5. The molecule has 29 heavy (non-hydrogen) atoms. The van der Waals surface area contributed by atoms with Gasteiger partial charge in [-0.15, -0.1) is 0 Å². The summed E-state index contributed by atoms with van der Waals surface area (Å²) < 4.78 is 5.26. The summed E-state index contributed by atoms with van der Waals surface area (Å²) in [6.07, 6.45) is 3.78. The van der Waals surface area contributed by atoms with E-state index < -0.39 is 5.41 Å². The fourth-order valence-electron chi connectivity index (χ4n) is 3.72. The Morgan fingerprint density at radius 2 is 1.76 bits per heavy atom. The number of hydrogen-bond donors (Lipinski definition) is 2. The number of anilines is 1. The highest BCUT2D eigenvalue weighted by Crippen LogP contribution is 2.44. The average Bonchev–Trinajstić information content (AvgIpc) is 2.68. The average molecular weight is 395 g/mol. The second kappa shape index (κ2) is 9.12. The number of hydrogen-bond acceptors (Lipinski definition) is 3. The van der Waals surface area contributed by atoms with E-state index in [1.165, 1.54) is 0 Å². The van der Waals surface area contributed by atoms with Crippen LogP contribution in [0.25, 0.3) is 0 Å². The summed E-state index contributed by atoms with van der Waals surface area (Å²) >= 11 is 0. The van der Waals surface area contributed by atoms with Crippen molar-refractivity contribution in [2.24, 2.45) is 5.92 Å². The number of benzene rings is 2. The molecule has 0 aliphatic heterocycles. The van der Waals surface area contributed by atoms with Crippen LogP contribution in [0, 0.1) is 5.92 Å². The molecule has 1 fully saturated rings. The van der Waals surface area contributed by atoms with Crippen LogP contribution in [0.4, 0.5) is 5.69 Å². The number of carbonyl (C=O) groups excluding carboxylic acids is 2. The van der Waals surface area contributed by atoms with E-state index in [-0.39, 0.29) is 11.8 Å². The molecule has 0 unspecified atom stereocenters. The summed E-state index contributed by atoms with van der Waals surface area (Å²) in [5.74, 6) is 1.00. The monoisotopic (exact) mass is 394 g/mol. The first-order valence-electron chi connectivity index (χ1n) is 10.3. The molecule has 3 rings (SSSR count). The number of ether oxygens (including phenoxy) is 1. The Kier molecular flexibility index (Phi) is 6.57. The van der Waals surface area contributed by atoms with Gasteiger partial charge in [0, 0.05) is 12.2 Å². The first-order chi connectivity index (χ1) is 14.0. The zero-order chi connectivity index (χ0) is 20.9. The second-order valence-corrected chi connectivity index (χ2v) is 8.11. The molecule has 5 nitrogen and oxygen atoms in total. The molecule has 5 heteroatoms. The van der Waals surface area contributed by atoms with Crippen LogP contribution in [0.15, 0.2) is 48.5 Å². The molecule has 2 aromatic carbocycles. The lowest BCUT2D eigenvalue weighted by molar-refractivity contribution is -0.129. The number of rotatable bonds is 8. The normalized spacial score (nSPS) is 14.8. The summed E-state index contributed by atoms with van der Waals surface area (Å²) in [6, 6.07) is 14.8. The second-order valence-electron chi connectivity index (χ2n) is 8.11. The highest BCUT2D eigenvalue weighted by Gasteiger charge is 2.45. The molecule has 2 aromatic rings. The number of amides is 2. The van der Waals surface area contributed by atoms with E-state index in [1.54, 1.807) is 25.3 Å².